The molecule has 0 aliphatic carbocycles. The number of nitrogens with one attached hydrogen (secondary N) is 1. The smallest absolute Gasteiger partial charge is 0.300 e. The molecule has 1 aliphatic heterocycles. The predicted octanol–water partition coefficient (Wildman–Crippen LogP) is 0.619. The molecule has 5 nitrogen and oxygen atoms in total. The third-order valence-electron chi connectivity index (χ3n) is 2.63. The van der Waals surface area contributed by atoms with E-state index in [2.05, 4.69) is 11.2 Å². The van der Waals surface area contributed by atoms with E-state index < -0.39 is 17.6 Å². The van der Waals surface area contributed by atoms with E-state index in [9.17, 15) is 14.4 Å². The molecule has 0 atom stereocenters. The summed E-state index contributed by atoms with van der Waals surface area (Å²) in [5, 5.41) is 2.67. The van der Waals surface area contributed by atoms with Crippen molar-refractivity contribution in [3.05, 3.63) is 28.8 Å². The molecule has 2 amide bonds. The Morgan fingerprint density at radius 3 is 2.84 bits per heavy atom. The molecule has 1 heterocycles. The van der Waals surface area contributed by atoms with Crippen LogP contribution in [0, 0.1) is 12.3 Å². The fraction of sp³-hybridized carbons (Fsp3) is 0.154. The van der Waals surface area contributed by atoms with Crippen molar-refractivity contribution in [2.75, 3.05) is 18.0 Å². The van der Waals surface area contributed by atoms with Crippen LogP contribution in [-0.2, 0) is 9.59 Å². The first kappa shape index (κ1) is 13.1. The highest BCUT2D eigenvalue weighted by Crippen LogP contribution is 2.35. The predicted molar refractivity (Wildman–Crippen MR) is 70.0 cm³/mol. The lowest BCUT2D eigenvalue weighted by Gasteiger charge is -2.16. The zero-order valence-electron chi connectivity index (χ0n) is 9.77. The summed E-state index contributed by atoms with van der Waals surface area (Å²) in [5.74, 6) is 0.364. The fourth-order valence-corrected chi connectivity index (χ4v) is 2.09. The Balaban J connectivity index is 2.29. The summed E-state index contributed by atoms with van der Waals surface area (Å²) in [7, 11) is 0. The molecule has 0 saturated carbocycles. The van der Waals surface area contributed by atoms with Gasteiger partial charge in [0.1, 0.15) is 6.54 Å². The van der Waals surface area contributed by atoms with Crippen LogP contribution in [0.1, 0.15) is 10.4 Å². The van der Waals surface area contributed by atoms with Gasteiger partial charge in [-0.2, -0.15) is 0 Å². The summed E-state index contributed by atoms with van der Waals surface area (Å²) in [5.41, 5.74) is 0.484. The topological polar surface area (TPSA) is 66.5 Å². The van der Waals surface area contributed by atoms with Gasteiger partial charge < -0.3 is 5.32 Å². The Morgan fingerprint density at radius 1 is 1.42 bits per heavy atom. The van der Waals surface area contributed by atoms with Gasteiger partial charge in [-0.15, -0.1) is 6.42 Å². The van der Waals surface area contributed by atoms with Crippen LogP contribution in [0.2, 0.25) is 5.02 Å². The second kappa shape index (κ2) is 5.12. The van der Waals surface area contributed by atoms with Gasteiger partial charge in [0.05, 0.1) is 22.8 Å². The Hall–Kier alpha value is -2.32. The highest BCUT2D eigenvalue weighted by atomic mass is 35.5. The second-order valence-electron chi connectivity index (χ2n) is 3.84. The van der Waals surface area contributed by atoms with Crippen LogP contribution in [0.3, 0.4) is 0 Å². The van der Waals surface area contributed by atoms with Gasteiger partial charge in [-0.3, -0.25) is 19.3 Å². The van der Waals surface area contributed by atoms with E-state index in [1.807, 2.05) is 0 Å². The third kappa shape index (κ3) is 2.30. The largest absolute Gasteiger partial charge is 0.344 e. The highest BCUT2D eigenvalue weighted by Gasteiger charge is 2.38. The lowest BCUT2D eigenvalue weighted by atomic mass is 10.1. The zero-order chi connectivity index (χ0) is 14.0. The Morgan fingerprint density at radius 2 is 2.16 bits per heavy atom. The van der Waals surface area contributed by atoms with Crippen LogP contribution in [-0.4, -0.2) is 30.7 Å². The summed E-state index contributed by atoms with van der Waals surface area (Å²) in [6.45, 7) is -0.229. The van der Waals surface area contributed by atoms with Crippen molar-refractivity contribution < 1.29 is 14.4 Å². The molecule has 2 rings (SSSR count). The van der Waals surface area contributed by atoms with Crippen LogP contribution in [0.4, 0.5) is 5.69 Å². The SMILES string of the molecule is C#CCNC(=O)CN1C(=O)C(=O)c2cccc(Cl)c21. The molecule has 0 spiro atoms. The Labute approximate surface area is 114 Å². The van der Waals surface area contributed by atoms with Gasteiger partial charge >= 0.3 is 0 Å². The minimum atomic E-state index is -0.765. The number of anilines is 1. The van der Waals surface area contributed by atoms with Gasteiger partial charge in [0.15, 0.2) is 0 Å². The van der Waals surface area contributed by atoms with Crippen LogP contribution >= 0.6 is 11.6 Å². The summed E-state index contributed by atoms with van der Waals surface area (Å²) in [6.07, 6.45) is 5.01. The van der Waals surface area contributed by atoms with E-state index in [0.29, 0.717) is 0 Å². The number of terminal acetylenes is 1. The number of halogens is 1. The lowest BCUT2D eigenvalue weighted by Crippen LogP contribution is -2.40. The van der Waals surface area contributed by atoms with Crippen molar-refractivity contribution in [3.8, 4) is 12.3 Å². The van der Waals surface area contributed by atoms with Gasteiger partial charge in [-0.25, -0.2) is 0 Å². The van der Waals surface area contributed by atoms with E-state index in [-0.39, 0.29) is 29.4 Å². The van der Waals surface area contributed by atoms with E-state index in [0.717, 1.165) is 4.90 Å². The van der Waals surface area contributed by atoms with E-state index in [4.69, 9.17) is 18.0 Å². The number of ketones is 1. The van der Waals surface area contributed by atoms with Gasteiger partial charge in [-0.05, 0) is 12.1 Å². The van der Waals surface area contributed by atoms with Crippen molar-refractivity contribution in [2.24, 2.45) is 0 Å². The number of hydrogen-bond donors (Lipinski definition) is 1. The minimum absolute atomic E-state index is 0.0597. The molecule has 6 heteroatoms. The van der Waals surface area contributed by atoms with Gasteiger partial charge in [-0.1, -0.05) is 23.6 Å². The Kier molecular flexibility index (Phi) is 3.54. The minimum Gasteiger partial charge on any atom is -0.344 e. The first-order valence-electron chi connectivity index (χ1n) is 5.41. The maximum Gasteiger partial charge on any atom is 0.300 e. The number of benzene rings is 1. The molecule has 1 aromatic carbocycles. The number of amides is 2. The first-order chi connectivity index (χ1) is 9.06. The number of rotatable bonds is 3. The zero-order valence-corrected chi connectivity index (χ0v) is 10.5. The molecule has 96 valence electrons. The molecular formula is C13H9ClN2O3. The summed E-state index contributed by atoms with van der Waals surface area (Å²) in [4.78, 5) is 36.2. The Bertz CT molecular complexity index is 619. The fourth-order valence-electron chi connectivity index (χ4n) is 1.81. The van der Waals surface area contributed by atoms with Crippen LogP contribution in [0.25, 0.3) is 0 Å². The molecular weight excluding hydrogens is 268 g/mol. The summed E-state index contributed by atoms with van der Waals surface area (Å²) < 4.78 is 0. The maximum atomic E-state index is 11.8. The van der Waals surface area contributed by atoms with E-state index in [1.165, 1.54) is 6.07 Å². The number of hydrogen-bond acceptors (Lipinski definition) is 3. The molecule has 0 saturated heterocycles. The van der Waals surface area contributed by atoms with Crippen molar-refractivity contribution >= 4 is 34.9 Å². The van der Waals surface area contributed by atoms with E-state index >= 15 is 0 Å². The number of Topliss-reactive ketones (excluding diaryl/α,β-unsaturated/α-hetero) is 1. The maximum absolute atomic E-state index is 11.8. The van der Waals surface area contributed by atoms with Crippen LogP contribution in [0.15, 0.2) is 18.2 Å². The monoisotopic (exact) mass is 276 g/mol. The second-order valence-corrected chi connectivity index (χ2v) is 4.24. The number of para-hydroxylation sites is 1. The number of carbonyl (C=O) groups excluding carboxylic acids is 3. The molecule has 0 fully saturated rings. The normalized spacial score (nSPS) is 13.2. The summed E-state index contributed by atoms with van der Waals surface area (Å²) in [6, 6.07) is 4.63. The van der Waals surface area contributed by atoms with Crippen LogP contribution in [0.5, 0.6) is 0 Å². The van der Waals surface area contributed by atoms with Crippen molar-refractivity contribution in [1.29, 1.82) is 0 Å². The highest BCUT2D eigenvalue weighted by molar-refractivity contribution is 6.54. The van der Waals surface area contributed by atoms with Crippen molar-refractivity contribution in [1.82, 2.24) is 5.32 Å². The number of fused-ring (bicyclic) bond motifs is 1. The number of nitrogens with zero attached hydrogens (tertiary/aromatic N) is 1. The molecule has 1 aliphatic rings. The summed E-state index contributed by atoms with van der Waals surface area (Å²) >= 11 is 5.97. The first-order valence-corrected chi connectivity index (χ1v) is 5.79. The lowest BCUT2D eigenvalue weighted by molar-refractivity contribution is -0.121. The molecule has 0 unspecified atom stereocenters. The van der Waals surface area contributed by atoms with Gasteiger partial charge in [0.2, 0.25) is 5.91 Å². The molecule has 1 N–H and O–H groups in total. The quantitative estimate of drug-likeness (QED) is 0.650. The van der Waals surface area contributed by atoms with Gasteiger partial charge in [0.25, 0.3) is 11.7 Å². The van der Waals surface area contributed by atoms with Gasteiger partial charge in [0, 0.05) is 0 Å². The van der Waals surface area contributed by atoms with Crippen LogP contribution < -0.4 is 10.2 Å². The molecule has 0 radical (unpaired) electrons. The molecule has 0 aromatic heterocycles. The molecule has 1 aromatic rings. The molecule has 0 bridgehead atoms. The third-order valence-corrected chi connectivity index (χ3v) is 2.94. The van der Waals surface area contributed by atoms with Crippen molar-refractivity contribution in [3.63, 3.8) is 0 Å². The van der Waals surface area contributed by atoms with Crippen molar-refractivity contribution in [2.45, 2.75) is 0 Å². The standard InChI is InChI=1S/C13H9ClN2O3/c1-2-6-15-10(17)7-16-11-8(12(18)13(16)19)4-3-5-9(11)14/h1,3-5H,6-7H2,(H,15,17). The number of carbonyl (C=O) groups is 3. The van der Waals surface area contributed by atoms with E-state index in [1.54, 1.807) is 12.1 Å². The average molecular weight is 277 g/mol. The average Bonchev–Trinajstić information content (AvgIpc) is 2.63. The molecule has 19 heavy (non-hydrogen) atoms.